The fraction of sp³-hybridized carbons (Fsp3) is 0.188. The third-order valence-corrected chi connectivity index (χ3v) is 4.40. The van der Waals surface area contributed by atoms with Gasteiger partial charge in [-0.15, -0.1) is 0 Å². The number of benzene rings is 2. The molecular formula is C16H15BrN2O. The Kier molecular flexibility index (Phi) is 3.36. The van der Waals surface area contributed by atoms with Gasteiger partial charge in [-0.2, -0.15) is 0 Å². The smallest absolute Gasteiger partial charge is 0.248 e. The lowest BCUT2D eigenvalue weighted by Crippen LogP contribution is -2.31. The van der Waals surface area contributed by atoms with Crippen LogP contribution in [-0.4, -0.2) is 5.91 Å². The molecule has 3 nitrogen and oxygen atoms in total. The molecule has 3 rings (SSSR count). The Morgan fingerprint density at radius 1 is 1.25 bits per heavy atom. The van der Waals surface area contributed by atoms with Gasteiger partial charge in [0, 0.05) is 15.7 Å². The van der Waals surface area contributed by atoms with Crippen LogP contribution in [0.15, 0.2) is 46.9 Å². The summed E-state index contributed by atoms with van der Waals surface area (Å²) in [5, 5.41) is 0. The summed E-state index contributed by atoms with van der Waals surface area (Å²) in [6.07, 6.45) is 0. The van der Waals surface area contributed by atoms with Crippen LogP contribution < -0.4 is 10.6 Å². The summed E-state index contributed by atoms with van der Waals surface area (Å²) in [4.78, 5) is 14.1. The molecule has 102 valence electrons. The summed E-state index contributed by atoms with van der Waals surface area (Å²) < 4.78 is 1.00. The van der Waals surface area contributed by atoms with Crippen molar-refractivity contribution < 1.29 is 4.79 Å². The fourth-order valence-electron chi connectivity index (χ4n) is 2.55. The number of rotatable bonds is 2. The van der Waals surface area contributed by atoms with E-state index in [0.717, 1.165) is 26.9 Å². The van der Waals surface area contributed by atoms with Crippen molar-refractivity contribution >= 4 is 27.5 Å². The third kappa shape index (κ3) is 2.15. The van der Waals surface area contributed by atoms with Crippen molar-refractivity contribution in [2.24, 2.45) is 5.73 Å². The van der Waals surface area contributed by atoms with Crippen molar-refractivity contribution in [3.63, 3.8) is 0 Å². The Balaban J connectivity index is 2.00. The Morgan fingerprint density at radius 3 is 2.75 bits per heavy atom. The number of anilines is 1. The highest BCUT2D eigenvalue weighted by Gasteiger charge is 2.34. The first-order chi connectivity index (χ1) is 9.58. The zero-order chi connectivity index (χ0) is 14.3. The highest BCUT2D eigenvalue weighted by molar-refractivity contribution is 9.10. The second-order valence-electron chi connectivity index (χ2n) is 5.06. The number of hydrogen-bond donors (Lipinski definition) is 1. The maximum atomic E-state index is 12.4. The van der Waals surface area contributed by atoms with E-state index in [1.54, 1.807) is 4.90 Å². The molecule has 1 aliphatic heterocycles. The molecule has 0 aromatic heterocycles. The number of halogens is 1. The normalized spacial score (nSPS) is 17.4. The van der Waals surface area contributed by atoms with Crippen molar-refractivity contribution in [3.8, 4) is 0 Å². The molecule has 1 amide bonds. The van der Waals surface area contributed by atoms with Crippen molar-refractivity contribution in [1.29, 1.82) is 0 Å². The second kappa shape index (κ2) is 5.04. The minimum atomic E-state index is -0.549. The number of nitrogens with zero attached hydrogens (tertiary/aromatic N) is 1. The lowest BCUT2D eigenvalue weighted by molar-refractivity contribution is -0.119. The van der Waals surface area contributed by atoms with Gasteiger partial charge in [-0.3, -0.25) is 4.79 Å². The molecule has 2 N–H and O–H groups in total. The fourth-order valence-corrected chi connectivity index (χ4v) is 2.96. The van der Waals surface area contributed by atoms with Gasteiger partial charge in [0.15, 0.2) is 0 Å². The maximum absolute atomic E-state index is 12.4. The summed E-state index contributed by atoms with van der Waals surface area (Å²) in [5.41, 5.74) is 10.1. The van der Waals surface area contributed by atoms with E-state index in [-0.39, 0.29) is 5.91 Å². The molecule has 1 heterocycles. The van der Waals surface area contributed by atoms with Crippen LogP contribution in [0.2, 0.25) is 0 Å². The first-order valence-electron chi connectivity index (χ1n) is 6.49. The molecule has 0 bridgehead atoms. The van der Waals surface area contributed by atoms with E-state index >= 15 is 0 Å². The zero-order valence-electron chi connectivity index (χ0n) is 11.1. The molecule has 0 saturated carbocycles. The number of nitrogens with two attached hydrogens (primary N) is 1. The monoisotopic (exact) mass is 330 g/mol. The topological polar surface area (TPSA) is 46.3 Å². The number of hydrogen-bond acceptors (Lipinski definition) is 2. The molecule has 1 atom stereocenters. The molecule has 4 heteroatoms. The van der Waals surface area contributed by atoms with Crippen molar-refractivity contribution in [3.05, 3.63) is 63.6 Å². The van der Waals surface area contributed by atoms with Gasteiger partial charge in [0.25, 0.3) is 0 Å². The van der Waals surface area contributed by atoms with Crippen LogP contribution in [0.5, 0.6) is 0 Å². The van der Waals surface area contributed by atoms with Crippen LogP contribution in [0.4, 0.5) is 5.69 Å². The molecule has 1 aliphatic rings. The molecule has 0 spiro atoms. The van der Waals surface area contributed by atoms with Crippen LogP contribution in [0.25, 0.3) is 0 Å². The van der Waals surface area contributed by atoms with E-state index in [4.69, 9.17) is 5.73 Å². The van der Waals surface area contributed by atoms with Gasteiger partial charge in [-0.25, -0.2) is 0 Å². The highest BCUT2D eigenvalue weighted by Crippen LogP contribution is 2.36. The third-order valence-electron chi connectivity index (χ3n) is 3.63. The Hall–Kier alpha value is -1.65. The van der Waals surface area contributed by atoms with Crippen LogP contribution in [-0.2, 0) is 11.3 Å². The highest BCUT2D eigenvalue weighted by atomic mass is 79.9. The lowest BCUT2D eigenvalue weighted by atomic mass is 10.1. The van der Waals surface area contributed by atoms with Crippen molar-refractivity contribution in [2.45, 2.75) is 19.5 Å². The van der Waals surface area contributed by atoms with Crippen LogP contribution >= 0.6 is 15.9 Å². The summed E-state index contributed by atoms with van der Waals surface area (Å²) in [6, 6.07) is 13.4. The molecule has 2 aromatic rings. The number of fused-ring (bicyclic) bond motifs is 1. The van der Waals surface area contributed by atoms with Crippen LogP contribution in [0.3, 0.4) is 0 Å². The molecule has 2 aromatic carbocycles. The summed E-state index contributed by atoms with van der Waals surface area (Å²) in [5.74, 6) is -0.0404. The average Bonchev–Trinajstić information content (AvgIpc) is 2.66. The Morgan fingerprint density at radius 2 is 2.00 bits per heavy atom. The molecule has 1 unspecified atom stereocenters. The van der Waals surface area contributed by atoms with Crippen molar-refractivity contribution in [1.82, 2.24) is 0 Å². The average molecular weight is 331 g/mol. The van der Waals surface area contributed by atoms with Gasteiger partial charge < -0.3 is 10.6 Å². The Bertz CT molecular complexity index is 684. The Labute approximate surface area is 126 Å². The van der Waals surface area contributed by atoms with Crippen molar-refractivity contribution in [2.75, 3.05) is 4.90 Å². The van der Waals surface area contributed by atoms with Gasteiger partial charge in [-0.1, -0.05) is 51.8 Å². The van der Waals surface area contributed by atoms with Gasteiger partial charge in [-0.05, 0) is 24.6 Å². The second-order valence-corrected chi connectivity index (χ2v) is 5.91. The quantitative estimate of drug-likeness (QED) is 0.918. The predicted molar refractivity (Wildman–Crippen MR) is 83.4 cm³/mol. The number of aryl methyl sites for hydroxylation is 1. The minimum absolute atomic E-state index is 0.0404. The first-order valence-corrected chi connectivity index (χ1v) is 7.28. The molecule has 0 radical (unpaired) electrons. The van der Waals surface area contributed by atoms with E-state index in [0.29, 0.717) is 6.54 Å². The van der Waals surface area contributed by atoms with E-state index in [1.807, 2.05) is 49.4 Å². The molecule has 0 aliphatic carbocycles. The largest absolute Gasteiger partial charge is 0.316 e. The SMILES string of the molecule is Cc1ccc2c(c1)C(N)C(=O)N2Cc1ccccc1Br. The zero-order valence-corrected chi connectivity index (χ0v) is 12.7. The molecular weight excluding hydrogens is 316 g/mol. The van der Waals surface area contributed by atoms with Gasteiger partial charge >= 0.3 is 0 Å². The van der Waals surface area contributed by atoms with E-state index in [1.165, 1.54) is 0 Å². The molecule has 0 saturated heterocycles. The van der Waals surface area contributed by atoms with Crippen LogP contribution in [0.1, 0.15) is 22.7 Å². The number of carbonyl (C=O) groups is 1. The van der Waals surface area contributed by atoms with E-state index in [9.17, 15) is 4.79 Å². The minimum Gasteiger partial charge on any atom is -0.316 e. The van der Waals surface area contributed by atoms with Gasteiger partial charge in [0.05, 0.1) is 6.54 Å². The van der Waals surface area contributed by atoms with E-state index in [2.05, 4.69) is 15.9 Å². The van der Waals surface area contributed by atoms with Gasteiger partial charge in [0.1, 0.15) is 6.04 Å². The summed E-state index contributed by atoms with van der Waals surface area (Å²) >= 11 is 3.52. The lowest BCUT2D eigenvalue weighted by Gasteiger charge is -2.18. The summed E-state index contributed by atoms with van der Waals surface area (Å²) in [6.45, 7) is 2.54. The first kappa shape index (κ1) is 13.3. The summed E-state index contributed by atoms with van der Waals surface area (Å²) in [7, 11) is 0. The van der Waals surface area contributed by atoms with E-state index < -0.39 is 6.04 Å². The molecule has 20 heavy (non-hydrogen) atoms. The maximum Gasteiger partial charge on any atom is 0.248 e. The standard InChI is InChI=1S/C16H15BrN2O/c1-10-6-7-14-12(8-10)15(18)16(20)19(14)9-11-4-2-3-5-13(11)17/h2-8,15H,9,18H2,1H3. The number of amides is 1. The van der Waals surface area contributed by atoms with Gasteiger partial charge in [0.2, 0.25) is 5.91 Å². The van der Waals surface area contributed by atoms with Crippen LogP contribution in [0, 0.1) is 6.92 Å². The number of carbonyl (C=O) groups excluding carboxylic acids is 1. The molecule has 0 fully saturated rings. The predicted octanol–water partition coefficient (Wildman–Crippen LogP) is 3.30.